The lowest BCUT2D eigenvalue weighted by atomic mass is 9.94. The number of nitrogens with zero attached hydrogens (tertiary/aromatic N) is 2. The molecule has 166 valence electrons. The molecule has 3 rings (SSSR count). The van der Waals surface area contributed by atoms with Crippen molar-refractivity contribution >= 4 is 33.0 Å². The Hall–Kier alpha value is -2.71. The van der Waals surface area contributed by atoms with E-state index in [4.69, 9.17) is 0 Å². The van der Waals surface area contributed by atoms with Crippen LogP contribution in [0.25, 0.3) is 0 Å². The predicted molar refractivity (Wildman–Crippen MR) is 126 cm³/mol. The van der Waals surface area contributed by atoms with Gasteiger partial charge in [-0.15, -0.1) is 0 Å². The molecule has 2 aromatic rings. The average molecular weight is 443 g/mol. The average Bonchev–Trinajstić information content (AvgIpc) is 2.74. The minimum Gasteiger partial charge on any atom is -0.376 e. The van der Waals surface area contributed by atoms with Gasteiger partial charge < -0.3 is 15.5 Å². The highest BCUT2D eigenvalue weighted by atomic mass is 32.2. The first-order valence-corrected chi connectivity index (χ1v) is 11.8. The first-order chi connectivity index (χ1) is 14.7. The molecule has 0 radical (unpaired) electrons. The van der Waals surface area contributed by atoms with Crippen molar-refractivity contribution in [3.8, 4) is 0 Å². The van der Waals surface area contributed by atoms with Crippen LogP contribution in [-0.2, 0) is 10.0 Å². The van der Waals surface area contributed by atoms with E-state index in [1.165, 1.54) is 6.07 Å². The summed E-state index contributed by atoms with van der Waals surface area (Å²) in [5.41, 5.74) is 3.22. The largest absolute Gasteiger partial charge is 0.376 e. The normalized spacial score (nSPS) is 15.5. The summed E-state index contributed by atoms with van der Waals surface area (Å²) in [5.74, 6) is -0.0615. The molecule has 1 saturated heterocycles. The molecule has 0 spiro atoms. The number of nitrogens with one attached hydrogen (secondary N) is 2. The number of rotatable bonds is 6. The van der Waals surface area contributed by atoms with E-state index in [2.05, 4.69) is 15.0 Å². The summed E-state index contributed by atoms with van der Waals surface area (Å²) in [6.45, 7) is 5.41. The lowest BCUT2D eigenvalue weighted by Crippen LogP contribution is -2.31. The quantitative estimate of drug-likeness (QED) is 0.669. The fraction of sp³-hybridized carbons (Fsp3) is 0.391. The molecule has 1 amide bonds. The summed E-state index contributed by atoms with van der Waals surface area (Å²) in [5, 5.41) is 6.18. The van der Waals surface area contributed by atoms with Crippen LogP contribution >= 0.6 is 0 Å². The van der Waals surface area contributed by atoms with Crippen LogP contribution in [0, 0.1) is 12.8 Å². The Bertz CT molecular complexity index is 1090. The number of hydrogen-bond acceptors (Lipinski definition) is 5. The van der Waals surface area contributed by atoms with E-state index in [-0.39, 0.29) is 16.7 Å². The third-order valence-electron chi connectivity index (χ3n) is 5.58. The Morgan fingerprint density at radius 1 is 1.13 bits per heavy atom. The molecule has 31 heavy (non-hydrogen) atoms. The fourth-order valence-electron chi connectivity index (χ4n) is 3.72. The highest BCUT2D eigenvalue weighted by Crippen LogP contribution is 2.30. The molecule has 2 aromatic carbocycles. The number of anilines is 2. The Morgan fingerprint density at radius 2 is 1.81 bits per heavy atom. The van der Waals surface area contributed by atoms with Crippen LogP contribution < -0.4 is 15.5 Å². The van der Waals surface area contributed by atoms with Crippen molar-refractivity contribution in [2.45, 2.75) is 31.6 Å². The molecule has 2 N–H and O–H groups in total. The van der Waals surface area contributed by atoms with E-state index in [1.807, 2.05) is 25.1 Å². The zero-order chi connectivity index (χ0) is 22.6. The third-order valence-corrected chi connectivity index (χ3v) is 6.96. The molecule has 1 fully saturated rings. The third kappa shape index (κ3) is 5.51. The highest BCUT2D eigenvalue weighted by molar-refractivity contribution is 7.90. The van der Waals surface area contributed by atoms with Crippen molar-refractivity contribution in [2.24, 2.45) is 10.3 Å². The van der Waals surface area contributed by atoms with Gasteiger partial charge in [-0.3, -0.25) is 4.79 Å². The van der Waals surface area contributed by atoms with Gasteiger partial charge in [0.15, 0.2) is 0 Å². The predicted octanol–water partition coefficient (Wildman–Crippen LogP) is 3.46. The zero-order valence-electron chi connectivity index (χ0n) is 18.5. The molecule has 0 aliphatic carbocycles. The van der Waals surface area contributed by atoms with Crippen molar-refractivity contribution in [1.82, 2.24) is 5.32 Å². The van der Waals surface area contributed by atoms with E-state index in [1.54, 1.807) is 44.1 Å². The van der Waals surface area contributed by atoms with E-state index in [0.717, 1.165) is 31.5 Å². The second-order valence-electron chi connectivity index (χ2n) is 8.07. The molecule has 1 aliphatic rings. The van der Waals surface area contributed by atoms with Gasteiger partial charge in [0, 0.05) is 31.3 Å². The monoisotopic (exact) mass is 442 g/mol. The molecule has 0 bridgehead atoms. The molecule has 7 nitrogen and oxygen atoms in total. The van der Waals surface area contributed by atoms with Crippen LogP contribution in [0.15, 0.2) is 51.8 Å². The van der Waals surface area contributed by atoms with E-state index < -0.39 is 10.0 Å². The Kier molecular flexibility index (Phi) is 7.12. The maximum Gasteiger partial charge on any atom is 0.282 e. The van der Waals surface area contributed by atoms with Crippen LogP contribution in [0.3, 0.4) is 0 Å². The molecule has 0 unspecified atom stereocenters. The topological polar surface area (TPSA) is 90.9 Å². The van der Waals surface area contributed by atoms with Gasteiger partial charge in [-0.05, 0) is 69.6 Å². The smallest absolute Gasteiger partial charge is 0.282 e. The molecule has 0 saturated carbocycles. The fourth-order valence-corrected chi connectivity index (χ4v) is 4.86. The van der Waals surface area contributed by atoms with Crippen molar-refractivity contribution in [3.63, 3.8) is 0 Å². The number of aryl methyl sites for hydroxylation is 1. The SMILES string of the molecule is C/C(=N/S(=O)(=O)c1ccc(NC(=O)c2ccccc2C)c(N(C)C)c1)C1CCNCC1. The van der Waals surface area contributed by atoms with Crippen LogP contribution in [0.4, 0.5) is 11.4 Å². The maximum absolute atomic E-state index is 13.0. The zero-order valence-corrected chi connectivity index (χ0v) is 19.3. The summed E-state index contributed by atoms with van der Waals surface area (Å²) in [7, 11) is -0.232. The maximum atomic E-state index is 13.0. The summed E-state index contributed by atoms with van der Waals surface area (Å²) < 4.78 is 30.0. The van der Waals surface area contributed by atoms with E-state index in [0.29, 0.717) is 22.6 Å². The second-order valence-corrected chi connectivity index (χ2v) is 9.68. The number of amides is 1. The lowest BCUT2D eigenvalue weighted by molar-refractivity contribution is 0.102. The van der Waals surface area contributed by atoms with Gasteiger partial charge in [-0.25, -0.2) is 0 Å². The first-order valence-electron chi connectivity index (χ1n) is 10.4. The van der Waals surface area contributed by atoms with Gasteiger partial charge in [0.25, 0.3) is 15.9 Å². The van der Waals surface area contributed by atoms with Gasteiger partial charge >= 0.3 is 0 Å². The van der Waals surface area contributed by atoms with Gasteiger partial charge in [0.2, 0.25) is 0 Å². The standard InChI is InChI=1S/C23H30N4O3S/c1-16-7-5-6-8-20(16)23(28)25-21-10-9-19(15-22(21)27(3)4)31(29,30)26-17(2)18-11-13-24-14-12-18/h5-10,15,18,24H,11-14H2,1-4H3,(H,25,28)/b26-17-. The molecule has 0 aromatic heterocycles. The summed E-state index contributed by atoms with van der Waals surface area (Å²) in [6, 6.07) is 12.0. The van der Waals surface area contributed by atoms with Crippen LogP contribution in [0.1, 0.15) is 35.7 Å². The van der Waals surface area contributed by atoms with Gasteiger partial charge in [0.1, 0.15) is 0 Å². The number of sulfonamides is 1. The highest BCUT2D eigenvalue weighted by Gasteiger charge is 2.22. The summed E-state index contributed by atoms with van der Waals surface area (Å²) in [4.78, 5) is 14.6. The second kappa shape index (κ2) is 9.62. The summed E-state index contributed by atoms with van der Waals surface area (Å²) in [6.07, 6.45) is 1.77. The van der Waals surface area contributed by atoms with Gasteiger partial charge in [0.05, 0.1) is 16.3 Å². The first kappa shape index (κ1) is 23.0. The molecular weight excluding hydrogens is 412 g/mol. The van der Waals surface area contributed by atoms with E-state index >= 15 is 0 Å². The number of hydrogen-bond donors (Lipinski definition) is 2. The number of carbonyl (C=O) groups excluding carboxylic acids is 1. The van der Waals surface area contributed by atoms with E-state index in [9.17, 15) is 13.2 Å². The lowest BCUT2D eigenvalue weighted by Gasteiger charge is -2.22. The molecule has 0 atom stereocenters. The molecule has 1 heterocycles. The Balaban J connectivity index is 1.89. The minimum atomic E-state index is -3.84. The molecular formula is C23H30N4O3S. The van der Waals surface area contributed by atoms with Crippen LogP contribution in [0.2, 0.25) is 0 Å². The van der Waals surface area contributed by atoms with Crippen molar-refractivity contribution in [2.75, 3.05) is 37.4 Å². The Labute approximate surface area is 184 Å². The van der Waals surface area contributed by atoms with Gasteiger partial charge in [-0.2, -0.15) is 12.8 Å². The van der Waals surface area contributed by atoms with Crippen molar-refractivity contribution in [1.29, 1.82) is 0 Å². The van der Waals surface area contributed by atoms with Gasteiger partial charge in [-0.1, -0.05) is 18.2 Å². The number of benzene rings is 2. The van der Waals surface area contributed by atoms with Crippen molar-refractivity contribution in [3.05, 3.63) is 53.6 Å². The minimum absolute atomic E-state index is 0.110. The van der Waals surface area contributed by atoms with Crippen LogP contribution in [-0.4, -0.2) is 47.2 Å². The Morgan fingerprint density at radius 3 is 2.45 bits per heavy atom. The van der Waals surface area contributed by atoms with Crippen molar-refractivity contribution < 1.29 is 13.2 Å². The van der Waals surface area contributed by atoms with Crippen LogP contribution in [0.5, 0.6) is 0 Å². The number of carbonyl (C=O) groups is 1. The number of piperidine rings is 1. The summed E-state index contributed by atoms with van der Waals surface area (Å²) >= 11 is 0. The molecule has 8 heteroatoms. The molecule has 1 aliphatic heterocycles.